The number of aliphatic hydroxyl groups excluding tert-OH is 2. The molecule has 8 atom stereocenters. The van der Waals surface area contributed by atoms with Crippen LogP contribution in [0.15, 0.2) is 11.1 Å². The number of ether oxygens (including phenoxy) is 1. The van der Waals surface area contributed by atoms with E-state index in [2.05, 4.69) is 28.3 Å². The van der Waals surface area contributed by atoms with Gasteiger partial charge in [0.05, 0.1) is 12.9 Å². The van der Waals surface area contributed by atoms with Gasteiger partial charge in [-0.1, -0.05) is 0 Å². The maximum atomic E-state index is 12.0. The normalized spacial score (nSPS) is 36.1. The first-order valence-corrected chi connectivity index (χ1v) is 13.3. The third-order valence-corrected chi connectivity index (χ3v) is 10.2. The molecule has 4 heterocycles. The lowest BCUT2D eigenvalue weighted by molar-refractivity contribution is -0.0502. The summed E-state index contributed by atoms with van der Waals surface area (Å²) >= 11 is 0. The number of nitrogens with two attached hydrogens (primary N) is 1. The van der Waals surface area contributed by atoms with E-state index in [1.165, 1.54) is 0 Å². The molecule has 8 N–H and O–H groups in total. The van der Waals surface area contributed by atoms with Crippen LogP contribution in [0.3, 0.4) is 0 Å². The molecule has 32 heavy (non-hydrogen) atoms. The Morgan fingerprint density at radius 3 is 2.59 bits per heavy atom. The number of phosphoric acid groups is 1. The topological polar surface area (TPSA) is 282 Å². The lowest BCUT2D eigenvalue weighted by Gasteiger charge is -2.18. The summed E-state index contributed by atoms with van der Waals surface area (Å²) in [7, 11) is -14.9. The molecule has 0 aromatic carbocycles. The Hall–Kier alpha value is -1.52. The largest absolute Gasteiger partial charge is 0.479 e. The monoisotopic (exact) mass is 519 g/mol. The van der Waals surface area contributed by atoms with E-state index in [4.69, 9.17) is 15.4 Å². The predicted octanol–water partition coefficient (Wildman–Crippen LogP) is -1.86. The highest BCUT2D eigenvalue weighted by molar-refractivity contribution is 7.79. The SMILES string of the molecule is Nc1nc2c(ncn2[C@@H]2O[C@H](COP(=O)(O)OP(=O)(O)[C@@H]3OP3(=O)O)[C@@H](O)[C@H]2O)c(=O)[nH]1. The molecule has 2 saturated heterocycles. The Morgan fingerprint density at radius 2 is 1.97 bits per heavy atom. The van der Waals surface area contributed by atoms with Crippen LogP contribution in [0.25, 0.3) is 11.2 Å². The number of imidazole rings is 1. The highest BCUT2D eigenvalue weighted by Crippen LogP contribution is 2.82. The molecule has 2 fully saturated rings. The number of nitrogens with one attached hydrogen (secondary N) is 1. The number of aromatic amines is 1. The van der Waals surface area contributed by atoms with Crippen molar-refractivity contribution in [3.63, 3.8) is 0 Å². The van der Waals surface area contributed by atoms with E-state index < -0.39 is 65.3 Å². The fourth-order valence-electron chi connectivity index (χ4n) is 2.96. The number of nitrogen functional groups attached to an aromatic ring is 1. The molecule has 0 spiro atoms. The van der Waals surface area contributed by atoms with E-state index in [9.17, 15) is 38.5 Å². The lowest BCUT2D eigenvalue weighted by Crippen LogP contribution is -2.33. The molecule has 178 valence electrons. The maximum absolute atomic E-state index is 12.0. The molecular weight excluding hydrogens is 503 g/mol. The molecule has 0 amide bonds. The summed E-state index contributed by atoms with van der Waals surface area (Å²) in [5.41, 5.74) is 2.41. The van der Waals surface area contributed by atoms with E-state index >= 15 is 0 Å². The van der Waals surface area contributed by atoms with Crippen molar-refractivity contribution in [1.29, 1.82) is 0 Å². The number of H-pyrrole nitrogens is 1. The van der Waals surface area contributed by atoms with Gasteiger partial charge >= 0.3 is 23.0 Å². The molecular formula is C11H16N5O13P3. The molecule has 2 aromatic heterocycles. The van der Waals surface area contributed by atoms with Gasteiger partial charge < -0.3 is 35.4 Å². The molecule has 0 radical (unpaired) electrons. The summed E-state index contributed by atoms with van der Waals surface area (Å²) in [5, 5.41) is 20.5. The van der Waals surface area contributed by atoms with Gasteiger partial charge in [0.1, 0.15) is 18.3 Å². The van der Waals surface area contributed by atoms with Crippen LogP contribution < -0.4 is 11.3 Å². The summed E-state index contributed by atoms with van der Waals surface area (Å²) in [5.74, 6) is -0.254. The summed E-state index contributed by atoms with van der Waals surface area (Å²) in [6.07, 6.45) is -5.09. The second-order valence-corrected chi connectivity index (χ2v) is 12.4. The van der Waals surface area contributed by atoms with Crippen LogP contribution in [0.4, 0.5) is 5.95 Å². The zero-order valence-electron chi connectivity index (χ0n) is 15.4. The van der Waals surface area contributed by atoms with E-state index in [0.29, 0.717) is 0 Å². The van der Waals surface area contributed by atoms with Gasteiger partial charge in [-0.2, -0.15) is 4.98 Å². The Bertz CT molecular complexity index is 1260. The van der Waals surface area contributed by atoms with E-state index in [-0.39, 0.29) is 17.1 Å². The minimum atomic E-state index is -5.31. The quantitative estimate of drug-likeness (QED) is 0.156. The first kappa shape index (κ1) is 23.6. The van der Waals surface area contributed by atoms with Gasteiger partial charge in [-0.3, -0.25) is 32.5 Å². The van der Waals surface area contributed by atoms with Gasteiger partial charge in [0.15, 0.2) is 17.4 Å². The molecule has 0 saturated carbocycles. The summed E-state index contributed by atoms with van der Waals surface area (Å²) in [6.45, 7) is -0.923. The van der Waals surface area contributed by atoms with Crippen molar-refractivity contribution in [2.75, 3.05) is 12.3 Å². The van der Waals surface area contributed by atoms with Crippen LogP contribution in [0.2, 0.25) is 0 Å². The molecule has 4 rings (SSSR count). The number of hydrogen-bond acceptors (Lipinski definition) is 13. The molecule has 2 aliphatic rings. The Balaban J connectivity index is 1.46. The van der Waals surface area contributed by atoms with Crippen molar-refractivity contribution >= 4 is 40.1 Å². The van der Waals surface area contributed by atoms with Gasteiger partial charge in [-0.25, -0.2) is 13.9 Å². The fourth-order valence-corrected chi connectivity index (χ4v) is 8.18. The standard InChI is InChI=1S/C11H16N5O13P3/c12-10-14-7-4(8(19)15-10)13-2-16(7)9-6(18)5(17)3(27-9)1-26-32(24,25)29-31(22,23)11-28-30(11,20)21/h2-3,5-6,9,11,17-18H,1H2,(H,20,21)(H,22,23)(H,24,25)(H3,12,14,15,19)/t3-,5-,6-,9-,11-/m1/s1. The van der Waals surface area contributed by atoms with Crippen LogP contribution in [-0.2, 0) is 31.8 Å². The van der Waals surface area contributed by atoms with Crippen LogP contribution in [0, 0.1) is 0 Å². The van der Waals surface area contributed by atoms with Gasteiger partial charge in [-0.15, -0.1) is 0 Å². The number of phosphoric ester groups is 1. The molecule has 0 bridgehead atoms. The molecule has 18 nitrogen and oxygen atoms in total. The summed E-state index contributed by atoms with van der Waals surface area (Å²) in [6, 6.07) is 0. The van der Waals surface area contributed by atoms with Gasteiger partial charge in [0.25, 0.3) is 11.1 Å². The van der Waals surface area contributed by atoms with Crippen LogP contribution in [0.1, 0.15) is 6.23 Å². The molecule has 3 unspecified atom stereocenters. The van der Waals surface area contributed by atoms with Crippen molar-refractivity contribution in [1.82, 2.24) is 19.5 Å². The lowest BCUT2D eigenvalue weighted by atomic mass is 10.1. The smallest absolute Gasteiger partial charge is 0.387 e. The average Bonchev–Trinajstić information content (AvgIpc) is 3.00. The van der Waals surface area contributed by atoms with Gasteiger partial charge in [-0.05, 0) is 0 Å². The number of aromatic nitrogens is 4. The van der Waals surface area contributed by atoms with Crippen LogP contribution in [0.5, 0.6) is 0 Å². The van der Waals surface area contributed by atoms with Crippen molar-refractivity contribution in [2.45, 2.75) is 30.1 Å². The fraction of sp³-hybridized carbons (Fsp3) is 0.545. The number of rotatable bonds is 7. The third kappa shape index (κ3) is 4.33. The minimum Gasteiger partial charge on any atom is -0.387 e. The van der Waals surface area contributed by atoms with Crippen molar-refractivity contribution in [2.24, 2.45) is 0 Å². The van der Waals surface area contributed by atoms with E-state index in [1.807, 2.05) is 0 Å². The number of nitrogens with zero attached hydrogens (tertiary/aromatic N) is 3. The molecule has 2 aliphatic heterocycles. The van der Waals surface area contributed by atoms with Crippen molar-refractivity contribution in [3.8, 4) is 0 Å². The molecule has 2 aromatic rings. The number of fused-ring (bicyclic) bond motifs is 1. The molecule has 0 aliphatic carbocycles. The second kappa shape index (κ2) is 7.77. The number of aliphatic hydroxyl groups is 2. The summed E-state index contributed by atoms with van der Waals surface area (Å²) in [4.78, 5) is 50.0. The van der Waals surface area contributed by atoms with E-state index in [1.54, 1.807) is 0 Å². The predicted molar refractivity (Wildman–Crippen MR) is 99.9 cm³/mol. The van der Waals surface area contributed by atoms with Gasteiger partial charge in [0.2, 0.25) is 5.95 Å². The number of anilines is 1. The van der Waals surface area contributed by atoms with Crippen molar-refractivity contribution < 1.29 is 56.7 Å². The van der Waals surface area contributed by atoms with Gasteiger partial charge in [0, 0.05) is 0 Å². The Kier molecular flexibility index (Phi) is 5.74. The first-order valence-electron chi connectivity index (χ1n) is 8.48. The highest BCUT2D eigenvalue weighted by atomic mass is 31.3. The highest BCUT2D eigenvalue weighted by Gasteiger charge is 2.66. The molecule has 21 heteroatoms. The zero-order valence-corrected chi connectivity index (χ0v) is 18.1. The van der Waals surface area contributed by atoms with Crippen LogP contribution >= 0.6 is 23.0 Å². The van der Waals surface area contributed by atoms with E-state index in [0.717, 1.165) is 10.9 Å². The Labute approximate surface area is 176 Å². The second-order valence-electron chi connectivity index (χ2n) is 6.73. The third-order valence-electron chi connectivity index (χ3n) is 4.44. The number of hydrogen-bond donors (Lipinski definition) is 7. The zero-order chi connectivity index (χ0) is 23.6. The minimum absolute atomic E-state index is 0.0840. The summed E-state index contributed by atoms with van der Waals surface area (Å²) < 4.78 is 54.0. The average molecular weight is 519 g/mol. The maximum Gasteiger partial charge on any atom is 0.479 e. The van der Waals surface area contributed by atoms with Crippen molar-refractivity contribution in [3.05, 3.63) is 16.7 Å². The van der Waals surface area contributed by atoms with Crippen LogP contribution in [-0.4, -0.2) is 74.9 Å². The first-order chi connectivity index (χ1) is 14.7. The Morgan fingerprint density at radius 1 is 1.31 bits per heavy atom.